The zero-order chi connectivity index (χ0) is 13.3. The van der Waals surface area contributed by atoms with E-state index in [9.17, 15) is 15.0 Å². The Hall–Kier alpha value is -1.34. The molecule has 0 atom stereocenters. The van der Waals surface area contributed by atoms with Crippen LogP contribution < -0.4 is 0 Å². The first-order valence-corrected chi connectivity index (χ1v) is 6.48. The standard InChI is InChI=1S/C11H8Br2N2O3/c12-7-3-6(10(17)9(13)11(7)18)8(16)4-15-2-1-14-5-15/h1-3,5,17-18H,4H2. The smallest absolute Gasteiger partial charge is 0.186 e. The van der Waals surface area contributed by atoms with Gasteiger partial charge in [-0.15, -0.1) is 0 Å². The Bertz CT molecular complexity index is 597. The van der Waals surface area contributed by atoms with Crippen molar-refractivity contribution >= 4 is 37.6 Å². The summed E-state index contributed by atoms with van der Waals surface area (Å²) in [6.07, 6.45) is 4.73. The first kappa shape index (κ1) is 13.1. The third-order valence-electron chi connectivity index (χ3n) is 2.35. The van der Waals surface area contributed by atoms with Crippen molar-refractivity contribution in [2.75, 3.05) is 0 Å². The van der Waals surface area contributed by atoms with Crippen LogP contribution in [0.5, 0.6) is 11.5 Å². The number of Topliss-reactive ketones (excluding diaryl/α,β-unsaturated/α-hetero) is 1. The molecule has 0 amide bonds. The molecule has 94 valence electrons. The highest BCUT2D eigenvalue weighted by Crippen LogP contribution is 2.41. The molecule has 0 aliphatic heterocycles. The number of phenols is 2. The summed E-state index contributed by atoms with van der Waals surface area (Å²) in [6, 6.07) is 1.38. The number of aromatic nitrogens is 2. The Morgan fingerprint density at radius 2 is 2.06 bits per heavy atom. The molecule has 18 heavy (non-hydrogen) atoms. The lowest BCUT2D eigenvalue weighted by Gasteiger charge is -2.09. The lowest BCUT2D eigenvalue weighted by Crippen LogP contribution is -2.09. The van der Waals surface area contributed by atoms with Gasteiger partial charge in [-0.2, -0.15) is 0 Å². The third-order valence-corrected chi connectivity index (χ3v) is 3.71. The van der Waals surface area contributed by atoms with Gasteiger partial charge in [0.05, 0.1) is 22.9 Å². The molecule has 1 heterocycles. The SMILES string of the molecule is O=C(Cn1ccnc1)c1cc(Br)c(O)c(Br)c1O. The number of ketones is 1. The maximum atomic E-state index is 12.0. The molecule has 2 N–H and O–H groups in total. The summed E-state index contributed by atoms with van der Waals surface area (Å²) in [4.78, 5) is 15.8. The van der Waals surface area contributed by atoms with Crippen molar-refractivity contribution in [3.05, 3.63) is 39.3 Å². The fraction of sp³-hybridized carbons (Fsp3) is 0.0909. The van der Waals surface area contributed by atoms with Crippen LogP contribution in [0.2, 0.25) is 0 Å². The van der Waals surface area contributed by atoms with Crippen LogP contribution >= 0.6 is 31.9 Å². The maximum Gasteiger partial charge on any atom is 0.186 e. The zero-order valence-corrected chi connectivity index (χ0v) is 12.1. The molecule has 0 spiro atoms. The van der Waals surface area contributed by atoms with Gasteiger partial charge in [0.25, 0.3) is 0 Å². The Labute approximate surface area is 119 Å². The Kier molecular flexibility index (Phi) is 3.72. The Morgan fingerprint density at radius 3 is 2.67 bits per heavy atom. The van der Waals surface area contributed by atoms with Gasteiger partial charge in [-0.25, -0.2) is 4.98 Å². The van der Waals surface area contributed by atoms with Crippen LogP contribution in [-0.2, 0) is 6.54 Å². The molecule has 0 saturated carbocycles. The third kappa shape index (κ3) is 2.41. The number of phenolic OH excluding ortho intramolecular Hbond substituents is 2. The number of carbonyl (C=O) groups is 1. The highest BCUT2D eigenvalue weighted by atomic mass is 79.9. The summed E-state index contributed by atoms with van der Waals surface area (Å²) in [5, 5.41) is 19.4. The minimum atomic E-state index is -0.285. The minimum absolute atomic E-state index is 0.0667. The Balaban J connectivity index is 2.36. The van der Waals surface area contributed by atoms with E-state index in [1.165, 1.54) is 12.4 Å². The molecule has 0 fully saturated rings. The first-order valence-electron chi connectivity index (χ1n) is 4.89. The van der Waals surface area contributed by atoms with E-state index in [0.29, 0.717) is 4.47 Å². The molecule has 0 aliphatic rings. The molecular formula is C11H8Br2N2O3. The topological polar surface area (TPSA) is 75.4 Å². The van der Waals surface area contributed by atoms with Gasteiger partial charge < -0.3 is 14.8 Å². The lowest BCUT2D eigenvalue weighted by molar-refractivity contribution is 0.0969. The summed E-state index contributed by atoms with van der Waals surface area (Å²) >= 11 is 6.14. The second-order valence-corrected chi connectivity index (χ2v) is 5.22. The molecule has 0 radical (unpaired) electrons. The number of imidazole rings is 1. The van der Waals surface area contributed by atoms with Crippen LogP contribution in [0.4, 0.5) is 0 Å². The van der Waals surface area contributed by atoms with Gasteiger partial charge in [0.1, 0.15) is 16.0 Å². The Morgan fingerprint density at radius 1 is 1.33 bits per heavy atom. The second kappa shape index (κ2) is 5.11. The van der Waals surface area contributed by atoms with E-state index in [1.807, 2.05) is 0 Å². The molecule has 2 rings (SSSR count). The summed E-state index contributed by atoms with van der Waals surface area (Å²) in [6.45, 7) is 0.0667. The van der Waals surface area contributed by atoms with Gasteiger partial charge >= 0.3 is 0 Å². The molecule has 5 nitrogen and oxygen atoms in total. The molecular weight excluding hydrogens is 368 g/mol. The molecule has 0 aliphatic carbocycles. The second-order valence-electron chi connectivity index (χ2n) is 3.58. The van der Waals surface area contributed by atoms with Crippen molar-refractivity contribution in [1.82, 2.24) is 9.55 Å². The monoisotopic (exact) mass is 374 g/mol. The predicted octanol–water partition coefficient (Wildman–Crippen LogP) is 2.70. The molecule has 0 unspecified atom stereocenters. The largest absolute Gasteiger partial charge is 0.506 e. The van der Waals surface area contributed by atoms with Crippen molar-refractivity contribution in [3.63, 3.8) is 0 Å². The quantitative estimate of drug-likeness (QED) is 0.808. The van der Waals surface area contributed by atoms with E-state index in [0.717, 1.165) is 0 Å². The number of hydrogen-bond donors (Lipinski definition) is 2. The van der Waals surface area contributed by atoms with E-state index in [2.05, 4.69) is 36.8 Å². The molecule has 1 aromatic heterocycles. The number of carbonyl (C=O) groups excluding carboxylic acids is 1. The number of aromatic hydroxyl groups is 2. The van der Waals surface area contributed by atoms with Gasteiger partial charge in [0.15, 0.2) is 5.78 Å². The van der Waals surface area contributed by atoms with Crippen LogP contribution in [0.15, 0.2) is 33.7 Å². The summed E-state index contributed by atoms with van der Waals surface area (Å²) in [5.41, 5.74) is 0.125. The highest BCUT2D eigenvalue weighted by Gasteiger charge is 2.19. The average Bonchev–Trinajstić information content (AvgIpc) is 2.83. The molecule has 7 heteroatoms. The predicted molar refractivity (Wildman–Crippen MR) is 71.7 cm³/mol. The van der Waals surface area contributed by atoms with Crippen molar-refractivity contribution < 1.29 is 15.0 Å². The van der Waals surface area contributed by atoms with Crippen molar-refractivity contribution in [1.29, 1.82) is 0 Å². The van der Waals surface area contributed by atoms with Crippen LogP contribution in [-0.4, -0.2) is 25.5 Å². The molecule has 1 aromatic carbocycles. The normalized spacial score (nSPS) is 10.6. The van der Waals surface area contributed by atoms with Crippen LogP contribution in [0.25, 0.3) is 0 Å². The van der Waals surface area contributed by atoms with E-state index >= 15 is 0 Å². The van der Waals surface area contributed by atoms with Crippen molar-refractivity contribution in [2.45, 2.75) is 6.54 Å². The molecule has 0 bridgehead atoms. The zero-order valence-electron chi connectivity index (χ0n) is 8.97. The van der Waals surface area contributed by atoms with Crippen LogP contribution in [0.3, 0.4) is 0 Å². The van der Waals surface area contributed by atoms with Crippen molar-refractivity contribution in [3.8, 4) is 11.5 Å². The number of benzene rings is 1. The highest BCUT2D eigenvalue weighted by molar-refractivity contribution is 9.11. The number of rotatable bonds is 3. The summed E-state index contributed by atoms with van der Waals surface area (Å²) in [7, 11) is 0. The lowest BCUT2D eigenvalue weighted by atomic mass is 10.1. The van der Waals surface area contributed by atoms with Crippen LogP contribution in [0.1, 0.15) is 10.4 Å². The molecule has 0 saturated heterocycles. The first-order chi connectivity index (χ1) is 8.50. The van der Waals surface area contributed by atoms with Crippen molar-refractivity contribution in [2.24, 2.45) is 0 Å². The fourth-order valence-corrected chi connectivity index (χ4v) is 2.56. The van der Waals surface area contributed by atoms with Crippen LogP contribution in [0, 0.1) is 0 Å². The number of nitrogens with zero attached hydrogens (tertiary/aromatic N) is 2. The van der Waals surface area contributed by atoms with Gasteiger partial charge in [-0.05, 0) is 37.9 Å². The van der Waals surface area contributed by atoms with Gasteiger partial charge in [0, 0.05) is 12.4 Å². The minimum Gasteiger partial charge on any atom is -0.506 e. The van der Waals surface area contributed by atoms with Gasteiger partial charge in [-0.3, -0.25) is 4.79 Å². The van der Waals surface area contributed by atoms with E-state index < -0.39 is 0 Å². The van der Waals surface area contributed by atoms with Gasteiger partial charge in [0.2, 0.25) is 0 Å². The van der Waals surface area contributed by atoms with E-state index in [-0.39, 0.29) is 33.9 Å². The van der Waals surface area contributed by atoms with Gasteiger partial charge in [-0.1, -0.05) is 0 Å². The maximum absolute atomic E-state index is 12.0. The fourth-order valence-electron chi connectivity index (χ4n) is 1.44. The van der Waals surface area contributed by atoms with E-state index in [1.54, 1.807) is 17.0 Å². The number of hydrogen-bond acceptors (Lipinski definition) is 4. The average molecular weight is 376 g/mol. The summed E-state index contributed by atoms with van der Waals surface area (Å²) < 4.78 is 2.02. The molecule has 2 aromatic rings. The summed E-state index contributed by atoms with van der Waals surface area (Å²) in [5.74, 6) is -0.709. The van der Waals surface area contributed by atoms with E-state index in [4.69, 9.17) is 0 Å². The number of halogens is 2.